The molecular formula is C14H20N2O5. The minimum Gasteiger partial charge on any atom is -0.444 e. The molecule has 7 nitrogen and oxygen atoms in total. The first-order valence-corrected chi connectivity index (χ1v) is 6.41. The van der Waals surface area contributed by atoms with Gasteiger partial charge in [-0.3, -0.25) is 4.89 Å². The molecule has 1 amide bonds. The van der Waals surface area contributed by atoms with E-state index < -0.39 is 23.7 Å². The summed E-state index contributed by atoms with van der Waals surface area (Å²) in [5.41, 5.74) is 5.31. The number of ether oxygens (including phenoxy) is 1. The Morgan fingerprint density at radius 3 is 2.43 bits per heavy atom. The highest BCUT2D eigenvalue weighted by atomic mass is 17.2. The fourth-order valence-corrected chi connectivity index (χ4v) is 1.26. The molecule has 0 radical (unpaired) electrons. The van der Waals surface area contributed by atoms with Crippen molar-refractivity contribution in [3.8, 4) is 5.75 Å². The van der Waals surface area contributed by atoms with Crippen LogP contribution in [0, 0.1) is 0 Å². The maximum absolute atomic E-state index is 11.7. The Labute approximate surface area is 123 Å². The number of nitrogens with one attached hydrogen (secondary N) is 1. The standard InChI is InChI=1S/C14H20N2O5/c1-9(16-13(18)19-14(2,3)4)12(17)21-20-11-8-6-5-7-10(11)15/h5-9H,15H2,1-4H3,(H,16,18). The summed E-state index contributed by atoms with van der Waals surface area (Å²) < 4.78 is 5.02. The lowest BCUT2D eigenvalue weighted by molar-refractivity contribution is -0.215. The summed E-state index contributed by atoms with van der Waals surface area (Å²) in [6, 6.07) is 5.63. The Morgan fingerprint density at radius 2 is 1.86 bits per heavy atom. The van der Waals surface area contributed by atoms with E-state index in [1.54, 1.807) is 45.0 Å². The van der Waals surface area contributed by atoms with E-state index in [4.69, 9.17) is 15.4 Å². The van der Waals surface area contributed by atoms with E-state index in [9.17, 15) is 9.59 Å². The van der Waals surface area contributed by atoms with E-state index in [1.165, 1.54) is 6.92 Å². The number of anilines is 1. The van der Waals surface area contributed by atoms with Gasteiger partial charge in [-0.25, -0.2) is 14.5 Å². The van der Waals surface area contributed by atoms with Crippen molar-refractivity contribution in [2.75, 3.05) is 5.73 Å². The minimum atomic E-state index is -0.926. The van der Waals surface area contributed by atoms with Gasteiger partial charge in [0.2, 0.25) is 5.75 Å². The summed E-state index contributed by atoms with van der Waals surface area (Å²) in [6.07, 6.45) is -0.717. The average molecular weight is 296 g/mol. The van der Waals surface area contributed by atoms with Gasteiger partial charge in [-0.15, -0.1) is 0 Å². The van der Waals surface area contributed by atoms with Gasteiger partial charge in [0.25, 0.3) is 0 Å². The molecular weight excluding hydrogens is 276 g/mol. The van der Waals surface area contributed by atoms with Crippen molar-refractivity contribution in [2.24, 2.45) is 0 Å². The topological polar surface area (TPSA) is 99.9 Å². The van der Waals surface area contributed by atoms with Crippen LogP contribution in [-0.2, 0) is 14.4 Å². The molecule has 0 aliphatic carbocycles. The summed E-state index contributed by atoms with van der Waals surface area (Å²) in [5.74, 6) is -0.556. The van der Waals surface area contributed by atoms with Gasteiger partial charge in [-0.2, -0.15) is 0 Å². The molecule has 21 heavy (non-hydrogen) atoms. The number of carbonyl (C=O) groups excluding carboxylic acids is 2. The van der Waals surface area contributed by atoms with E-state index in [2.05, 4.69) is 10.2 Å². The molecule has 7 heteroatoms. The van der Waals surface area contributed by atoms with E-state index in [1.807, 2.05) is 0 Å². The zero-order valence-electron chi connectivity index (χ0n) is 12.5. The second-order valence-corrected chi connectivity index (χ2v) is 5.39. The second kappa shape index (κ2) is 6.83. The number of hydrogen-bond acceptors (Lipinski definition) is 6. The van der Waals surface area contributed by atoms with Gasteiger partial charge in [-0.05, 0) is 39.8 Å². The molecule has 116 valence electrons. The number of benzene rings is 1. The molecule has 0 bridgehead atoms. The lowest BCUT2D eigenvalue weighted by Gasteiger charge is -2.21. The molecule has 1 atom stereocenters. The molecule has 0 aliphatic rings. The number of rotatable bonds is 4. The molecule has 1 rings (SSSR count). The molecule has 3 N–H and O–H groups in total. The van der Waals surface area contributed by atoms with Crippen molar-refractivity contribution >= 4 is 17.7 Å². The first-order chi connectivity index (χ1) is 9.69. The Kier molecular flexibility index (Phi) is 5.40. The van der Waals surface area contributed by atoms with Crippen LogP contribution in [-0.4, -0.2) is 23.7 Å². The number of amides is 1. The predicted molar refractivity (Wildman–Crippen MR) is 76.4 cm³/mol. The van der Waals surface area contributed by atoms with Crippen LogP contribution in [0.2, 0.25) is 0 Å². The smallest absolute Gasteiger partial charge is 0.408 e. The Bertz CT molecular complexity index is 510. The van der Waals surface area contributed by atoms with Crippen LogP contribution in [0.3, 0.4) is 0 Å². The minimum absolute atomic E-state index is 0.218. The lowest BCUT2D eigenvalue weighted by Crippen LogP contribution is -2.42. The molecule has 1 aromatic carbocycles. The SMILES string of the molecule is CC(NC(=O)OC(C)(C)C)C(=O)OOc1ccccc1N. The first kappa shape index (κ1) is 16.6. The number of alkyl carbamates (subject to hydrolysis) is 1. The van der Waals surface area contributed by atoms with Crippen molar-refractivity contribution in [1.82, 2.24) is 5.32 Å². The van der Waals surface area contributed by atoms with E-state index in [-0.39, 0.29) is 5.75 Å². The maximum atomic E-state index is 11.7. The highest BCUT2D eigenvalue weighted by Gasteiger charge is 2.23. The van der Waals surface area contributed by atoms with Gasteiger partial charge in [0.15, 0.2) is 0 Å². The van der Waals surface area contributed by atoms with Crippen molar-refractivity contribution in [1.29, 1.82) is 0 Å². The number of nitrogen functional groups attached to an aromatic ring is 1. The normalized spacial score (nSPS) is 12.2. The molecule has 0 spiro atoms. The number of hydrogen-bond donors (Lipinski definition) is 2. The van der Waals surface area contributed by atoms with Gasteiger partial charge < -0.3 is 15.8 Å². The van der Waals surface area contributed by atoms with E-state index in [0.717, 1.165) is 0 Å². The predicted octanol–water partition coefficient (Wildman–Crippen LogP) is 2.02. The summed E-state index contributed by atoms with van der Waals surface area (Å²) >= 11 is 0. The van der Waals surface area contributed by atoms with E-state index in [0.29, 0.717) is 5.69 Å². The van der Waals surface area contributed by atoms with Crippen molar-refractivity contribution in [3.05, 3.63) is 24.3 Å². The number of nitrogens with two attached hydrogens (primary N) is 1. The largest absolute Gasteiger partial charge is 0.444 e. The zero-order chi connectivity index (χ0) is 16.0. The van der Waals surface area contributed by atoms with Crippen LogP contribution in [0.1, 0.15) is 27.7 Å². The Morgan fingerprint density at radius 1 is 1.24 bits per heavy atom. The second-order valence-electron chi connectivity index (χ2n) is 5.39. The molecule has 1 aromatic rings. The van der Waals surface area contributed by atoms with Crippen molar-refractivity contribution in [2.45, 2.75) is 39.3 Å². The third-order valence-corrected chi connectivity index (χ3v) is 2.22. The summed E-state index contributed by atoms with van der Waals surface area (Å²) in [6.45, 7) is 6.61. The highest BCUT2D eigenvalue weighted by Crippen LogP contribution is 2.19. The van der Waals surface area contributed by atoms with Crippen molar-refractivity contribution in [3.63, 3.8) is 0 Å². The maximum Gasteiger partial charge on any atom is 0.408 e. The monoisotopic (exact) mass is 296 g/mol. The van der Waals surface area contributed by atoms with Gasteiger partial charge >= 0.3 is 12.1 Å². The van der Waals surface area contributed by atoms with Crippen LogP contribution in [0.4, 0.5) is 10.5 Å². The molecule has 0 saturated carbocycles. The zero-order valence-corrected chi connectivity index (χ0v) is 12.5. The van der Waals surface area contributed by atoms with Crippen LogP contribution in [0.25, 0.3) is 0 Å². The van der Waals surface area contributed by atoms with Crippen molar-refractivity contribution < 1.29 is 24.1 Å². The molecule has 0 fully saturated rings. The van der Waals surface area contributed by atoms with Gasteiger partial charge in [0.05, 0.1) is 5.69 Å². The third-order valence-electron chi connectivity index (χ3n) is 2.22. The fourth-order valence-electron chi connectivity index (χ4n) is 1.26. The van der Waals surface area contributed by atoms with Crippen LogP contribution >= 0.6 is 0 Å². The average Bonchev–Trinajstić information content (AvgIpc) is 2.34. The van der Waals surface area contributed by atoms with Gasteiger partial charge in [0.1, 0.15) is 11.6 Å². The lowest BCUT2D eigenvalue weighted by atomic mass is 10.2. The Balaban J connectivity index is 2.45. The Hall–Kier alpha value is -2.44. The van der Waals surface area contributed by atoms with Crippen LogP contribution in [0.5, 0.6) is 5.75 Å². The highest BCUT2D eigenvalue weighted by molar-refractivity contribution is 5.80. The fraction of sp³-hybridized carbons (Fsp3) is 0.429. The summed E-state index contributed by atoms with van der Waals surface area (Å²) in [4.78, 5) is 32.6. The summed E-state index contributed by atoms with van der Waals surface area (Å²) in [5, 5.41) is 2.34. The third kappa shape index (κ3) is 6.03. The molecule has 1 unspecified atom stereocenters. The number of para-hydroxylation sites is 2. The van der Waals surface area contributed by atoms with Gasteiger partial charge in [0, 0.05) is 0 Å². The summed E-state index contributed by atoms with van der Waals surface area (Å²) in [7, 11) is 0. The van der Waals surface area contributed by atoms with Gasteiger partial charge in [-0.1, -0.05) is 12.1 Å². The molecule has 0 heterocycles. The number of carbonyl (C=O) groups is 2. The van der Waals surface area contributed by atoms with Crippen LogP contribution in [0.15, 0.2) is 24.3 Å². The first-order valence-electron chi connectivity index (χ1n) is 6.41. The quantitative estimate of drug-likeness (QED) is 0.501. The molecule has 0 aliphatic heterocycles. The molecule has 0 saturated heterocycles. The molecule has 0 aromatic heterocycles. The van der Waals surface area contributed by atoms with Crippen LogP contribution < -0.4 is 15.9 Å². The van der Waals surface area contributed by atoms with E-state index >= 15 is 0 Å².